The summed E-state index contributed by atoms with van der Waals surface area (Å²) in [6, 6.07) is 16.4. The summed E-state index contributed by atoms with van der Waals surface area (Å²) in [6.45, 7) is 0. The number of carbonyl (C=O) groups is 2. The zero-order chi connectivity index (χ0) is 22.0. The first kappa shape index (κ1) is 20.5. The maximum Gasteiger partial charge on any atom is 0.345 e. The SMILES string of the molecule is COc1ccc(/C=C2\Oc3cc(OC(=O)c4ccccc4Cl)ccc3C2=O)c(OC)c1. The molecule has 0 radical (unpaired) electrons. The van der Waals surface area contributed by atoms with Crippen LogP contribution in [0.1, 0.15) is 26.3 Å². The number of benzene rings is 3. The van der Waals surface area contributed by atoms with Crippen molar-refractivity contribution < 1.29 is 28.5 Å². The molecule has 0 atom stereocenters. The maximum absolute atomic E-state index is 12.7. The molecule has 0 aromatic heterocycles. The van der Waals surface area contributed by atoms with Gasteiger partial charge in [-0.15, -0.1) is 0 Å². The van der Waals surface area contributed by atoms with E-state index in [1.165, 1.54) is 19.2 Å². The standard InChI is InChI=1S/C24H17ClO6/c1-28-15-8-7-14(20(12-15)29-2)11-22-23(26)18-10-9-16(13-21(18)31-22)30-24(27)17-5-3-4-6-19(17)25/h3-13H,1-2H3/b22-11-. The number of methoxy groups -OCH3 is 2. The molecule has 1 heterocycles. The first-order valence-corrected chi connectivity index (χ1v) is 9.65. The minimum Gasteiger partial charge on any atom is -0.497 e. The fourth-order valence-electron chi connectivity index (χ4n) is 3.10. The average Bonchev–Trinajstić information content (AvgIpc) is 3.08. The zero-order valence-corrected chi connectivity index (χ0v) is 17.4. The minimum absolute atomic E-state index is 0.132. The number of Topliss-reactive ketones (excluding diaryl/α,β-unsaturated/α-hetero) is 1. The highest BCUT2D eigenvalue weighted by Gasteiger charge is 2.28. The van der Waals surface area contributed by atoms with E-state index in [2.05, 4.69) is 0 Å². The van der Waals surface area contributed by atoms with Gasteiger partial charge in [0.25, 0.3) is 0 Å². The Morgan fingerprint density at radius 1 is 0.968 bits per heavy atom. The molecule has 0 saturated carbocycles. The number of allylic oxidation sites excluding steroid dienone is 1. The third kappa shape index (κ3) is 4.11. The molecule has 6 nitrogen and oxygen atoms in total. The highest BCUT2D eigenvalue weighted by atomic mass is 35.5. The van der Waals surface area contributed by atoms with Crippen molar-refractivity contribution in [3.63, 3.8) is 0 Å². The lowest BCUT2D eigenvalue weighted by Crippen LogP contribution is -2.09. The Hall–Kier alpha value is -3.77. The molecule has 0 saturated heterocycles. The van der Waals surface area contributed by atoms with Gasteiger partial charge in [-0.3, -0.25) is 4.79 Å². The van der Waals surface area contributed by atoms with Gasteiger partial charge in [-0.05, 0) is 42.5 Å². The van der Waals surface area contributed by atoms with Crippen LogP contribution in [0.15, 0.2) is 66.4 Å². The molecule has 3 aromatic rings. The Morgan fingerprint density at radius 2 is 1.74 bits per heavy atom. The van der Waals surface area contributed by atoms with Crippen molar-refractivity contribution in [3.8, 4) is 23.0 Å². The van der Waals surface area contributed by atoms with Crippen LogP contribution in [0.25, 0.3) is 6.08 Å². The first-order valence-electron chi connectivity index (χ1n) is 9.27. The first-order chi connectivity index (χ1) is 15.0. The molecule has 3 aromatic carbocycles. The summed E-state index contributed by atoms with van der Waals surface area (Å²) in [5.74, 6) is 0.950. The highest BCUT2D eigenvalue weighted by Crippen LogP contribution is 2.36. The largest absolute Gasteiger partial charge is 0.497 e. The summed E-state index contributed by atoms with van der Waals surface area (Å²) < 4.78 is 21.7. The summed E-state index contributed by atoms with van der Waals surface area (Å²) in [4.78, 5) is 25.1. The van der Waals surface area contributed by atoms with E-state index in [1.54, 1.807) is 61.7 Å². The average molecular weight is 437 g/mol. The molecule has 0 aliphatic carbocycles. The van der Waals surface area contributed by atoms with Crippen LogP contribution < -0.4 is 18.9 Å². The van der Waals surface area contributed by atoms with Crippen molar-refractivity contribution >= 4 is 29.4 Å². The molecular weight excluding hydrogens is 420 g/mol. The van der Waals surface area contributed by atoms with Gasteiger partial charge in [0.2, 0.25) is 5.78 Å². The lowest BCUT2D eigenvalue weighted by molar-refractivity contribution is 0.0734. The molecule has 4 rings (SSSR count). The molecule has 0 spiro atoms. The quantitative estimate of drug-likeness (QED) is 0.311. The minimum atomic E-state index is -0.603. The second-order valence-electron chi connectivity index (χ2n) is 6.57. The van der Waals surface area contributed by atoms with Gasteiger partial charge >= 0.3 is 5.97 Å². The fraction of sp³-hybridized carbons (Fsp3) is 0.0833. The van der Waals surface area contributed by atoms with Crippen LogP contribution in [0.5, 0.6) is 23.0 Å². The number of esters is 1. The number of fused-ring (bicyclic) bond motifs is 1. The van der Waals surface area contributed by atoms with Crippen LogP contribution in [0.3, 0.4) is 0 Å². The topological polar surface area (TPSA) is 71.1 Å². The monoisotopic (exact) mass is 436 g/mol. The third-order valence-electron chi connectivity index (χ3n) is 4.67. The molecule has 31 heavy (non-hydrogen) atoms. The number of hydrogen-bond donors (Lipinski definition) is 0. The van der Waals surface area contributed by atoms with E-state index in [1.807, 2.05) is 0 Å². The van der Waals surface area contributed by atoms with Crippen molar-refractivity contribution in [2.45, 2.75) is 0 Å². The molecule has 1 aliphatic heterocycles. The van der Waals surface area contributed by atoms with Gasteiger partial charge < -0.3 is 18.9 Å². The molecule has 0 N–H and O–H groups in total. The van der Waals surface area contributed by atoms with Crippen molar-refractivity contribution in [2.24, 2.45) is 0 Å². The second kappa shape index (κ2) is 8.53. The van der Waals surface area contributed by atoms with E-state index in [0.717, 1.165) is 0 Å². The van der Waals surface area contributed by atoms with Crippen LogP contribution in [-0.4, -0.2) is 26.0 Å². The number of ketones is 1. The van der Waals surface area contributed by atoms with Crippen molar-refractivity contribution in [1.29, 1.82) is 0 Å². The normalized spacial score (nSPS) is 13.5. The lowest BCUT2D eigenvalue weighted by atomic mass is 10.1. The van der Waals surface area contributed by atoms with Gasteiger partial charge in [-0.25, -0.2) is 4.79 Å². The van der Waals surface area contributed by atoms with Gasteiger partial charge in [0.05, 0.1) is 30.4 Å². The van der Waals surface area contributed by atoms with Crippen LogP contribution in [0.2, 0.25) is 5.02 Å². The van der Waals surface area contributed by atoms with E-state index >= 15 is 0 Å². The zero-order valence-electron chi connectivity index (χ0n) is 16.7. The van der Waals surface area contributed by atoms with Gasteiger partial charge in [0, 0.05) is 17.7 Å². The van der Waals surface area contributed by atoms with Crippen molar-refractivity contribution in [1.82, 2.24) is 0 Å². The number of ether oxygens (including phenoxy) is 4. The Morgan fingerprint density at radius 3 is 2.48 bits per heavy atom. The maximum atomic E-state index is 12.7. The van der Waals surface area contributed by atoms with E-state index in [4.69, 9.17) is 30.5 Å². The van der Waals surface area contributed by atoms with Crippen LogP contribution in [-0.2, 0) is 0 Å². The molecule has 0 unspecified atom stereocenters. The van der Waals surface area contributed by atoms with Crippen molar-refractivity contribution in [3.05, 3.63) is 88.1 Å². The molecule has 0 amide bonds. The van der Waals surface area contributed by atoms with Gasteiger partial charge in [0.15, 0.2) is 5.76 Å². The number of halogens is 1. The van der Waals surface area contributed by atoms with Crippen LogP contribution in [0.4, 0.5) is 0 Å². The Bertz CT molecular complexity index is 1210. The van der Waals surface area contributed by atoms with E-state index in [-0.39, 0.29) is 22.9 Å². The Labute approximate surface area is 183 Å². The molecule has 1 aliphatic rings. The summed E-state index contributed by atoms with van der Waals surface area (Å²) in [6.07, 6.45) is 1.59. The predicted octanol–water partition coefficient (Wildman–Crippen LogP) is 5.19. The summed E-state index contributed by atoms with van der Waals surface area (Å²) in [5.41, 5.74) is 1.27. The Balaban J connectivity index is 1.58. The summed E-state index contributed by atoms with van der Waals surface area (Å²) in [5, 5.41) is 0.291. The third-order valence-corrected chi connectivity index (χ3v) is 5.00. The molecule has 7 heteroatoms. The van der Waals surface area contributed by atoms with Gasteiger partial charge in [0.1, 0.15) is 23.0 Å². The molecule has 0 bridgehead atoms. The van der Waals surface area contributed by atoms with Gasteiger partial charge in [-0.2, -0.15) is 0 Å². The number of rotatable bonds is 5. The summed E-state index contributed by atoms with van der Waals surface area (Å²) in [7, 11) is 3.09. The number of hydrogen-bond acceptors (Lipinski definition) is 6. The second-order valence-corrected chi connectivity index (χ2v) is 6.98. The fourth-order valence-corrected chi connectivity index (χ4v) is 3.31. The molecule has 0 fully saturated rings. The van der Waals surface area contributed by atoms with E-state index < -0.39 is 5.97 Å². The number of carbonyl (C=O) groups excluding carboxylic acids is 2. The molecular formula is C24H17ClO6. The Kier molecular flexibility index (Phi) is 5.64. The molecule has 156 valence electrons. The van der Waals surface area contributed by atoms with E-state index in [9.17, 15) is 9.59 Å². The van der Waals surface area contributed by atoms with E-state index in [0.29, 0.717) is 33.4 Å². The summed E-state index contributed by atoms with van der Waals surface area (Å²) >= 11 is 6.04. The van der Waals surface area contributed by atoms with Gasteiger partial charge in [-0.1, -0.05) is 23.7 Å². The van der Waals surface area contributed by atoms with Crippen LogP contribution in [0, 0.1) is 0 Å². The smallest absolute Gasteiger partial charge is 0.345 e. The predicted molar refractivity (Wildman–Crippen MR) is 115 cm³/mol. The highest BCUT2D eigenvalue weighted by molar-refractivity contribution is 6.33. The van der Waals surface area contributed by atoms with Crippen LogP contribution >= 0.6 is 11.6 Å². The lowest BCUT2D eigenvalue weighted by Gasteiger charge is -2.08. The van der Waals surface area contributed by atoms with Crippen molar-refractivity contribution in [2.75, 3.05) is 14.2 Å².